The molecule has 0 fully saturated rings. The van der Waals surface area contributed by atoms with Gasteiger partial charge in [-0.25, -0.2) is 13.4 Å². The lowest BCUT2D eigenvalue weighted by molar-refractivity contribution is 0.414. The van der Waals surface area contributed by atoms with Gasteiger partial charge in [-0.1, -0.05) is 17.7 Å². The first-order valence-corrected chi connectivity index (χ1v) is 9.95. The van der Waals surface area contributed by atoms with Crippen LogP contribution in [-0.4, -0.2) is 20.5 Å². The van der Waals surface area contributed by atoms with Crippen LogP contribution in [0.25, 0.3) is 11.3 Å². The standard InChI is InChI=1S/C18H18N2O3S2/c1-12-4-5-13(2)16(10-12)17-11-24-18(19-17)20-25(21,22)15-8-6-14(23-3)7-9-15/h4-11H,1-3H3,(H,19,20). The van der Waals surface area contributed by atoms with Crippen molar-refractivity contribution < 1.29 is 13.2 Å². The fourth-order valence-electron chi connectivity index (χ4n) is 2.38. The van der Waals surface area contributed by atoms with Gasteiger partial charge in [0.05, 0.1) is 17.7 Å². The highest BCUT2D eigenvalue weighted by molar-refractivity contribution is 7.93. The molecule has 0 spiro atoms. The van der Waals surface area contributed by atoms with Gasteiger partial charge in [0, 0.05) is 10.9 Å². The molecule has 1 heterocycles. The Morgan fingerprint density at radius 2 is 1.80 bits per heavy atom. The van der Waals surface area contributed by atoms with E-state index in [-0.39, 0.29) is 4.90 Å². The van der Waals surface area contributed by atoms with Gasteiger partial charge in [0.2, 0.25) is 0 Å². The summed E-state index contributed by atoms with van der Waals surface area (Å²) in [6.07, 6.45) is 0. The molecule has 1 aromatic heterocycles. The number of nitrogens with zero attached hydrogens (tertiary/aromatic N) is 1. The number of aryl methyl sites for hydroxylation is 2. The van der Waals surface area contributed by atoms with Crippen molar-refractivity contribution in [2.45, 2.75) is 18.7 Å². The Kier molecular flexibility index (Phi) is 4.78. The van der Waals surface area contributed by atoms with Crippen LogP contribution in [0.1, 0.15) is 11.1 Å². The molecule has 3 aromatic rings. The third kappa shape index (κ3) is 3.83. The van der Waals surface area contributed by atoms with Crippen LogP contribution in [-0.2, 0) is 10.0 Å². The number of methoxy groups -OCH3 is 1. The lowest BCUT2D eigenvalue weighted by Crippen LogP contribution is -2.12. The number of aromatic nitrogens is 1. The molecule has 1 N–H and O–H groups in total. The van der Waals surface area contributed by atoms with Gasteiger partial charge in [-0.15, -0.1) is 11.3 Å². The van der Waals surface area contributed by atoms with Crippen molar-refractivity contribution in [3.63, 3.8) is 0 Å². The van der Waals surface area contributed by atoms with E-state index in [1.54, 1.807) is 12.1 Å². The molecular formula is C18H18N2O3S2. The Hall–Kier alpha value is -2.38. The van der Waals surface area contributed by atoms with Crippen LogP contribution in [0, 0.1) is 13.8 Å². The van der Waals surface area contributed by atoms with Crippen molar-refractivity contribution in [1.82, 2.24) is 4.98 Å². The Bertz CT molecular complexity index is 993. The molecule has 0 radical (unpaired) electrons. The molecule has 5 nitrogen and oxygen atoms in total. The number of ether oxygens (including phenoxy) is 1. The molecule has 0 aliphatic rings. The molecule has 0 bridgehead atoms. The van der Waals surface area contributed by atoms with Crippen molar-refractivity contribution >= 4 is 26.5 Å². The van der Waals surface area contributed by atoms with E-state index in [9.17, 15) is 8.42 Å². The van der Waals surface area contributed by atoms with Gasteiger partial charge in [0.1, 0.15) is 5.75 Å². The molecule has 2 aromatic carbocycles. The van der Waals surface area contributed by atoms with E-state index in [1.807, 2.05) is 37.4 Å². The van der Waals surface area contributed by atoms with Crippen LogP contribution in [0.3, 0.4) is 0 Å². The lowest BCUT2D eigenvalue weighted by Gasteiger charge is -2.06. The van der Waals surface area contributed by atoms with Gasteiger partial charge < -0.3 is 4.74 Å². The van der Waals surface area contributed by atoms with Crippen LogP contribution in [0.15, 0.2) is 52.7 Å². The predicted molar refractivity (Wildman–Crippen MR) is 101 cm³/mol. The number of anilines is 1. The van der Waals surface area contributed by atoms with Crippen LogP contribution < -0.4 is 9.46 Å². The minimum absolute atomic E-state index is 0.164. The molecule has 130 valence electrons. The molecule has 0 amide bonds. The Labute approximate surface area is 151 Å². The van der Waals surface area contributed by atoms with E-state index in [1.165, 1.54) is 30.6 Å². The second kappa shape index (κ2) is 6.85. The number of hydrogen-bond donors (Lipinski definition) is 1. The molecule has 7 heteroatoms. The predicted octanol–water partition coefficient (Wildman–Crippen LogP) is 4.24. The maximum atomic E-state index is 12.5. The third-order valence-corrected chi connectivity index (χ3v) is 6.01. The van der Waals surface area contributed by atoms with Crippen molar-refractivity contribution in [2.24, 2.45) is 0 Å². The second-order valence-corrected chi connectivity index (χ2v) is 8.18. The molecule has 3 rings (SSSR count). The number of benzene rings is 2. The van der Waals surface area contributed by atoms with Gasteiger partial charge in [0.25, 0.3) is 10.0 Å². The highest BCUT2D eigenvalue weighted by atomic mass is 32.2. The van der Waals surface area contributed by atoms with Gasteiger partial charge in [-0.3, -0.25) is 4.72 Å². The third-order valence-electron chi connectivity index (χ3n) is 3.76. The van der Waals surface area contributed by atoms with Crippen molar-refractivity contribution in [1.29, 1.82) is 0 Å². The van der Waals surface area contributed by atoms with Crippen molar-refractivity contribution in [3.05, 3.63) is 59.0 Å². The molecule has 0 unspecified atom stereocenters. The van der Waals surface area contributed by atoms with Crippen LogP contribution in [0.4, 0.5) is 5.13 Å². The zero-order valence-electron chi connectivity index (χ0n) is 14.1. The first-order chi connectivity index (χ1) is 11.9. The smallest absolute Gasteiger partial charge is 0.263 e. The summed E-state index contributed by atoms with van der Waals surface area (Å²) in [5.41, 5.74) is 4.00. The van der Waals surface area contributed by atoms with E-state index in [0.717, 1.165) is 22.4 Å². The molecular weight excluding hydrogens is 356 g/mol. The van der Waals surface area contributed by atoms with Crippen LogP contribution in [0.2, 0.25) is 0 Å². The second-order valence-electron chi connectivity index (χ2n) is 5.64. The highest BCUT2D eigenvalue weighted by Crippen LogP contribution is 2.29. The summed E-state index contributed by atoms with van der Waals surface area (Å²) in [4.78, 5) is 4.59. The zero-order chi connectivity index (χ0) is 18.0. The van der Waals surface area contributed by atoms with Gasteiger partial charge in [0.15, 0.2) is 5.13 Å². The monoisotopic (exact) mass is 374 g/mol. The maximum absolute atomic E-state index is 12.5. The van der Waals surface area contributed by atoms with Gasteiger partial charge >= 0.3 is 0 Å². The fourth-order valence-corrected chi connectivity index (χ4v) is 4.35. The first-order valence-electron chi connectivity index (χ1n) is 7.59. The Morgan fingerprint density at radius 1 is 1.08 bits per heavy atom. The van der Waals surface area contributed by atoms with Crippen LogP contribution in [0.5, 0.6) is 5.75 Å². The number of hydrogen-bond acceptors (Lipinski definition) is 5. The molecule has 0 saturated heterocycles. The highest BCUT2D eigenvalue weighted by Gasteiger charge is 2.17. The van der Waals surface area contributed by atoms with Crippen molar-refractivity contribution in [3.8, 4) is 17.0 Å². The van der Waals surface area contributed by atoms with Gasteiger partial charge in [-0.05, 0) is 49.7 Å². The van der Waals surface area contributed by atoms with E-state index in [0.29, 0.717) is 10.9 Å². The van der Waals surface area contributed by atoms with E-state index in [4.69, 9.17) is 4.74 Å². The molecule has 0 aliphatic heterocycles. The molecule has 0 atom stereocenters. The van der Waals surface area contributed by atoms with E-state index < -0.39 is 10.0 Å². The summed E-state index contributed by atoms with van der Waals surface area (Å²) < 4.78 is 32.5. The lowest BCUT2D eigenvalue weighted by atomic mass is 10.0. The van der Waals surface area contributed by atoms with Crippen molar-refractivity contribution in [2.75, 3.05) is 11.8 Å². The summed E-state index contributed by atoms with van der Waals surface area (Å²) in [5, 5.41) is 2.19. The minimum atomic E-state index is -3.68. The van der Waals surface area contributed by atoms with Gasteiger partial charge in [-0.2, -0.15) is 0 Å². The summed E-state index contributed by atoms with van der Waals surface area (Å²) in [7, 11) is -2.15. The average molecular weight is 374 g/mol. The SMILES string of the molecule is COc1ccc(S(=O)(=O)Nc2nc(-c3cc(C)ccc3C)cs2)cc1. The van der Waals surface area contributed by atoms with E-state index >= 15 is 0 Å². The molecule has 0 saturated carbocycles. The van der Waals surface area contributed by atoms with Crippen LogP contribution >= 0.6 is 11.3 Å². The molecule has 25 heavy (non-hydrogen) atoms. The number of sulfonamides is 1. The number of thiazole rings is 1. The summed E-state index contributed by atoms with van der Waals surface area (Å²) in [5.74, 6) is 0.602. The Balaban J connectivity index is 1.86. The summed E-state index contributed by atoms with van der Waals surface area (Å²) in [6.45, 7) is 4.03. The zero-order valence-corrected chi connectivity index (χ0v) is 15.7. The largest absolute Gasteiger partial charge is 0.497 e. The summed E-state index contributed by atoms with van der Waals surface area (Å²) >= 11 is 1.26. The molecule has 0 aliphatic carbocycles. The normalized spacial score (nSPS) is 11.3. The quantitative estimate of drug-likeness (QED) is 0.725. The maximum Gasteiger partial charge on any atom is 0.263 e. The number of nitrogens with one attached hydrogen (secondary N) is 1. The fraction of sp³-hybridized carbons (Fsp3) is 0.167. The summed E-state index contributed by atoms with van der Waals surface area (Å²) in [6, 6.07) is 12.3. The number of rotatable bonds is 5. The van der Waals surface area contributed by atoms with E-state index in [2.05, 4.69) is 9.71 Å². The Morgan fingerprint density at radius 3 is 2.48 bits per heavy atom. The first kappa shape index (κ1) is 17.4. The minimum Gasteiger partial charge on any atom is -0.497 e. The average Bonchev–Trinajstić information content (AvgIpc) is 3.04. The topological polar surface area (TPSA) is 68.3 Å².